The molecule has 1 aromatic heterocycles. The second-order valence-corrected chi connectivity index (χ2v) is 6.77. The predicted molar refractivity (Wildman–Crippen MR) is 97.2 cm³/mol. The molecule has 0 saturated carbocycles. The van der Waals surface area contributed by atoms with E-state index in [0.29, 0.717) is 5.82 Å². The molecule has 0 fully saturated rings. The van der Waals surface area contributed by atoms with Gasteiger partial charge in [0.25, 0.3) is 0 Å². The summed E-state index contributed by atoms with van der Waals surface area (Å²) >= 11 is 0.152. The number of para-hydroxylation sites is 1. The molecular weight excluding hydrogens is 380 g/mol. The number of anilines is 2. The zero-order chi connectivity index (χ0) is 15.7. The number of halogens is 2. The summed E-state index contributed by atoms with van der Waals surface area (Å²) in [5.41, 5.74) is 1.68. The van der Waals surface area contributed by atoms with E-state index in [4.69, 9.17) is 0 Å². The third-order valence-corrected chi connectivity index (χ3v) is 5.15. The van der Waals surface area contributed by atoms with Crippen LogP contribution < -0.4 is 9.36 Å². The van der Waals surface area contributed by atoms with Gasteiger partial charge in [-0.25, -0.2) is 0 Å². The van der Waals surface area contributed by atoms with Crippen LogP contribution in [0.4, 0.5) is 15.9 Å². The predicted octanol–water partition coefficient (Wildman–Crippen LogP) is 3.64. The number of nitrogens with zero attached hydrogens (tertiary/aromatic N) is 3. The summed E-state index contributed by atoms with van der Waals surface area (Å²) in [6.45, 7) is 1.87. The molecule has 0 bridgehead atoms. The SMILES string of the molecule is C[Se]c1ccc(N(C)c2nc(C)nc3ccccc23)cc1F.Cl. The van der Waals surface area contributed by atoms with Crippen LogP contribution in [0.2, 0.25) is 5.82 Å². The molecule has 6 heteroatoms. The van der Waals surface area contributed by atoms with E-state index in [1.165, 1.54) is 0 Å². The number of hydrogen-bond donors (Lipinski definition) is 0. The Kier molecular flexibility index (Phi) is 5.58. The van der Waals surface area contributed by atoms with Crippen molar-refractivity contribution in [2.45, 2.75) is 12.7 Å². The van der Waals surface area contributed by atoms with Crippen LogP contribution in [0, 0.1) is 12.7 Å². The van der Waals surface area contributed by atoms with Gasteiger partial charge in [0, 0.05) is 0 Å². The number of aromatic nitrogens is 2. The monoisotopic (exact) mass is 397 g/mol. The van der Waals surface area contributed by atoms with Crippen molar-refractivity contribution < 1.29 is 4.39 Å². The maximum atomic E-state index is 14.1. The molecule has 0 saturated heterocycles. The van der Waals surface area contributed by atoms with Crippen LogP contribution in [0.25, 0.3) is 10.9 Å². The van der Waals surface area contributed by atoms with E-state index in [1.807, 2.05) is 61.1 Å². The molecule has 0 aliphatic rings. The van der Waals surface area contributed by atoms with Crippen LogP contribution in [-0.2, 0) is 0 Å². The number of benzene rings is 2. The molecule has 0 unspecified atom stereocenters. The molecule has 1 heterocycles. The molecular formula is C17H17ClFN3Se. The fraction of sp³-hybridized carbons (Fsp3) is 0.176. The van der Waals surface area contributed by atoms with Crippen LogP contribution in [0.5, 0.6) is 0 Å². The van der Waals surface area contributed by atoms with Crippen molar-refractivity contribution in [3.8, 4) is 0 Å². The molecule has 0 aliphatic carbocycles. The second kappa shape index (κ2) is 7.26. The van der Waals surface area contributed by atoms with Gasteiger partial charge in [0.2, 0.25) is 0 Å². The van der Waals surface area contributed by atoms with Crippen molar-refractivity contribution in [3.63, 3.8) is 0 Å². The molecule has 3 rings (SSSR count). The molecule has 3 nitrogen and oxygen atoms in total. The van der Waals surface area contributed by atoms with E-state index in [1.54, 1.807) is 6.07 Å². The first-order valence-corrected chi connectivity index (χ1v) is 9.48. The van der Waals surface area contributed by atoms with Crippen LogP contribution in [0.15, 0.2) is 42.5 Å². The van der Waals surface area contributed by atoms with Crippen LogP contribution in [-0.4, -0.2) is 32.0 Å². The Bertz CT molecular complexity index is 841. The van der Waals surface area contributed by atoms with Crippen molar-refractivity contribution in [2.75, 3.05) is 11.9 Å². The summed E-state index contributed by atoms with van der Waals surface area (Å²) in [5, 5.41) is 0.958. The van der Waals surface area contributed by atoms with Gasteiger partial charge in [0.1, 0.15) is 0 Å². The Morgan fingerprint density at radius 2 is 1.83 bits per heavy atom. The van der Waals surface area contributed by atoms with Crippen molar-refractivity contribution in [1.82, 2.24) is 9.97 Å². The number of hydrogen-bond acceptors (Lipinski definition) is 3. The number of aryl methyl sites for hydroxylation is 1. The van der Waals surface area contributed by atoms with Gasteiger partial charge >= 0.3 is 135 Å². The van der Waals surface area contributed by atoms with Gasteiger partial charge in [0.05, 0.1) is 0 Å². The van der Waals surface area contributed by atoms with E-state index >= 15 is 0 Å². The van der Waals surface area contributed by atoms with Gasteiger partial charge < -0.3 is 0 Å². The van der Waals surface area contributed by atoms with E-state index in [-0.39, 0.29) is 33.2 Å². The largest absolute Gasteiger partial charge is 0.147 e. The summed E-state index contributed by atoms with van der Waals surface area (Å²) in [6, 6.07) is 13.2. The third-order valence-electron chi connectivity index (χ3n) is 3.54. The van der Waals surface area contributed by atoms with Crippen molar-refractivity contribution in [1.29, 1.82) is 0 Å². The first-order chi connectivity index (χ1) is 10.6. The average molecular weight is 397 g/mol. The minimum Gasteiger partial charge on any atom is -0.147 e. The Balaban J connectivity index is 0.00000192. The fourth-order valence-electron chi connectivity index (χ4n) is 2.41. The van der Waals surface area contributed by atoms with Gasteiger partial charge in [-0.15, -0.1) is 12.4 Å². The average Bonchev–Trinajstić information content (AvgIpc) is 2.53. The van der Waals surface area contributed by atoms with Crippen LogP contribution in [0.1, 0.15) is 5.82 Å². The maximum Gasteiger partial charge on any atom is -0.147 e. The zero-order valence-electron chi connectivity index (χ0n) is 13.1. The first kappa shape index (κ1) is 17.7. The molecule has 0 amide bonds. The molecule has 0 N–H and O–H groups in total. The molecule has 23 heavy (non-hydrogen) atoms. The standard InChI is InChI=1S/C17H16FN3Se.ClH/c1-11-19-15-7-5-4-6-13(15)17(20-11)21(2)12-8-9-16(22-3)14(18)10-12;/h4-10H,1-3H3;1H. The Morgan fingerprint density at radius 1 is 1.09 bits per heavy atom. The minimum absolute atomic E-state index is 0. The molecule has 2 aromatic carbocycles. The normalized spacial score (nSPS) is 10.4. The van der Waals surface area contributed by atoms with Gasteiger partial charge in [-0.2, -0.15) is 0 Å². The molecule has 0 radical (unpaired) electrons. The molecule has 120 valence electrons. The van der Waals surface area contributed by atoms with E-state index in [9.17, 15) is 4.39 Å². The topological polar surface area (TPSA) is 29.0 Å². The van der Waals surface area contributed by atoms with E-state index in [2.05, 4.69) is 9.97 Å². The van der Waals surface area contributed by atoms with Gasteiger partial charge in [-0.3, -0.25) is 0 Å². The Hall–Kier alpha value is -1.68. The second-order valence-electron chi connectivity index (χ2n) is 4.99. The first-order valence-electron chi connectivity index (χ1n) is 6.91. The quantitative estimate of drug-likeness (QED) is 0.633. The van der Waals surface area contributed by atoms with E-state index < -0.39 is 0 Å². The maximum absolute atomic E-state index is 14.1. The summed E-state index contributed by atoms with van der Waals surface area (Å²) in [6.07, 6.45) is 0. The van der Waals surface area contributed by atoms with E-state index in [0.717, 1.165) is 26.9 Å². The Labute approximate surface area is 147 Å². The third kappa shape index (κ3) is 3.47. The number of rotatable bonds is 3. The van der Waals surface area contributed by atoms with Crippen LogP contribution >= 0.6 is 12.4 Å². The smallest absolute Gasteiger partial charge is 0.147 e. The van der Waals surface area contributed by atoms with Crippen molar-refractivity contribution >= 4 is 54.2 Å². The molecule has 0 aliphatic heterocycles. The molecule has 0 atom stereocenters. The molecule has 0 spiro atoms. The van der Waals surface area contributed by atoms with Crippen LogP contribution in [0.3, 0.4) is 0 Å². The summed E-state index contributed by atoms with van der Waals surface area (Å²) in [5.74, 6) is 3.35. The molecule has 3 aromatic rings. The van der Waals surface area contributed by atoms with Gasteiger partial charge in [-0.1, -0.05) is 0 Å². The van der Waals surface area contributed by atoms with Gasteiger partial charge in [0.15, 0.2) is 0 Å². The van der Waals surface area contributed by atoms with Crippen molar-refractivity contribution in [3.05, 3.63) is 54.1 Å². The summed E-state index contributed by atoms with van der Waals surface area (Å²) in [4.78, 5) is 10.9. The fourth-order valence-corrected chi connectivity index (χ4v) is 3.38. The Morgan fingerprint density at radius 3 is 2.52 bits per heavy atom. The van der Waals surface area contributed by atoms with Gasteiger partial charge in [-0.05, 0) is 0 Å². The minimum atomic E-state index is -0.151. The summed E-state index contributed by atoms with van der Waals surface area (Å²) in [7, 11) is 1.90. The number of fused-ring (bicyclic) bond motifs is 1. The summed E-state index contributed by atoms with van der Waals surface area (Å²) < 4.78 is 14.9. The van der Waals surface area contributed by atoms with Crippen molar-refractivity contribution in [2.24, 2.45) is 0 Å². The zero-order valence-corrected chi connectivity index (χ0v) is 15.6.